The molecule has 0 aliphatic rings. The Kier molecular flexibility index (Phi) is 2.89. The highest BCUT2D eigenvalue weighted by Gasteiger charge is 2.33. The Bertz CT molecular complexity index is 413. The van der Waals surface area contributed by atoms with Gasteiger partial charge in [-0.25, -0.2) is 0 Å². The van der Waals surface area contributed by atoms with Gasteiger partial charge in [0.1, 0.15) is 5.69 Å². The van der Waals surface area contributed by atoms with E-state index < -0.39 is 23.4 Å². The van der Waals surface area contributed by atoms with Gasteiger partial charge in [-0.15, -0.1) is 13.2 Å². The van der Waals surface area contributed by atoms with Crippen molar-refractivity contribution in [2.24, 2.45) is 5.73 Å². The Morgan fingerprint density at radius 3 is 2.53 bits per heavy atom. The van der Waals surface area contributed by atoms with Crippen LogP contribution in [0.25, 0.3) is 0 Å². The van der Waals surface area contributed by atoms with Crippen molar-refractivity contribution in [3.63, 3.8) is 0 Å². The number of nitrogen functional groups attached to an aromatic ring is 1. The summed E-state index contributed by atoms with van der Waals surface area (Å²) in [5, 5.41) is 0. The summed E-state index contributed by atoms with van der Waals surface area (Å²) >= 11 is 0. The van der Waals surface area contributed by atoms with E-state index in [2.05, 4.69) is 9.72 Å². The van der Waals surface area contributed by atoms with Gasteiger partial charge in [-0.05, 0) is 0 Å². The van der Waals surface area contributed by atoms with Crippen molar-refractivity contribution in [1.29, 1.82) is 0 Å². The Hall–Kier alpha value is -1.70. The van der Waals surface area contributed by atoms with Crippen LogP contribution in [0.3, 0.4) is 0 Å². The van der Waals surface area contributed by atoms with Crippen molar-refractivity contribution in [1.82, 2.24) is 4.98 Å². The molecule has 1 heterocycles. The molecule has 1 aromatic heterocycles. The molecule has 0 amide bonds. The van der Waals surface area contributed by atoms with E-state index >= 15 is 0 Å². The molecule has 1 aromatic rings. The Morgan fingerprint density at radius 2 is 2.07 bits per heavy atom. The van der Waals surface area contributed by atoms with Crippen molar-refractivity contribution >= 4 is 5.69 Å². The van der Waals surface area contributed by atoms with E-state index in [0.717, 1.165) is 6.20 Å². The van der Waals surface area contributed by atoms with Crippen LogP contribution in [0.1, 0.15) is 5.56 Å². The fourth-order valence-corrected chi connectivity index (χ4v) is 0.960. The molecule has 0 aliphatic carbocycles. The predicted molar refractivity (Wildman–Crippen MR) is 46.0 cm³/mol. The molecule has 0 radical (unpaired) electrons. The molecule has 0 aliphatic heterocycles. The molecule has 5 N–H and O–H groups in total. The number of aromatic nitrogens is 1. The third kappa shape index (κ3) is 2.62. The molecule has 8 heteroatoms. The number of alkyl halides is 3. The molecule has 84 valence electrons. The number of H-pyrrole nitrogens is 1. The third-order valence-electron chi connectivity index (χ3n) is 1.60. The van der Waals surface area contributed by atoms with Crippen molar-refractivity contribution in [3.05, 3.63) is 22.1 Å². The number of aromatic amines is 1. The standard InChI is InChI=1S/C7H8F3N3O2/c8-7(9,10)15-5-3(1-11)2-13-6(14)4(5)12/h2H,1,11-12H2,(H,13,14). The molecule has 15 heavy (non-hydrogen) atoms. The summed E-state index contributed by atoms with van der Waals surface area (Å²) in [6, 6.07) is 0. The van der Waals surface area contributed by atoms with Crippen LogP contribution in [-0.2, 0) is 6.54 Å². The highest BCUT2D eigenvalue weighted by atomic mass is 19.4. The zero-order chi connectivity index (χ0) is 11.6. The fourth-order valence-electron chi connectivity index (χ4n) is 0.960. The molecule has 0 bridgehead atoms. The molecule has 0 fully saturated rings. The summed E-state index contributed by atoms with van der Waals surface area (Å²) in [6.07, 6.45) is -3.88. The third-order valence-corrected chi connectivity index (χ3v) is 1.60. The number of nitrogens with two attached hydrogens (primary N) is 2. The first-order valence-corrected chi connectivity index (χ1v) is 3.81. The van der Waals surface area contributed by atoms with Crippen molar-refractivity contribution in [2.45, 2.75) is 12.9 Å². The van der Waals surface area contributed by atoms with E-state index in [4.69, 9.17) is 11.5 Å². The lowest BCUT2D eigenvalue weighted by Gasteiger charge is -2.13. The van der Waals surface area contributed by atoms with Gasteiger partial charge in [0.2, 0.25) is 0 Å². The number of halogens is 3. The quantitative estimate of drug-likeness (QED) is 0.672. The van der Waals surface area contributed by atoms with Gasteiger partial charge >= 0.3 is 6.36 Å². The summed E-state index contributed by atoms with van der Waals surface area (Å²) in [4.78, 5) is 13.1. The second kappa shape index (κ2) is 3.81. The SMILES string of the molecule is NCc1c[nH]c(=O)c(N)c1OC(F)(F)F. The molecule has 0 saturated carbocycles. The normalized spacial score (nSPS) is 11.5. The lowest BCUT2D eigenvalue weighted by molar-refractivity contribution is -0.274. The second-order valence-electron chi connectivity index (χ2n) is 2.64. The first kappa shape index (κ1) is 11.4. The number of anilines is 1. The van der Waals surface area contributed by atoms with Gasteiger partial charge in [-0.1, -0.05) is 0 Å². The maximum atomic E-state index is 11.9. The van der Waals surface area contributed by atoms with E-state index in [1.165, 1.54) is 0 Å². The molecule has 0 spiro atoms. The first-order chi connectivity index (χ1) is 6.85. The molecule has 0 atom stereocenters. The second-order valence-corrected chi connectivity index (χ2v) is 2.64. The molecule has 0 saturated heterocycles. The van der Waals surface area contributed by atoms with Gasteiger partial charge in [-0.3, -0.25) is 4.79 Å². The average molecular weight is 223 g/mol. The van der Waals surface area contributed by atoms with Gasteiger partial charge in [0.15, 0.2) is 5.75 Å². The molecule has 1 rings (SSSR count). The minimum atomic E-state index is -4.91. The smallest absolute Gasteiger partial charge is 0.403 e. The predicted octanol–water partition coefficient (Wildman–Crippen LogP) is 0.314. The largest absolute Gasteiger partial charge is 0.573 e. The van der Waals surface area contributed by atoms with Crippen LogP contribution in [-0.4, -0.2) is 11.3 Å². The molecular weight excluding hydrogens is 215 g/mol. The van der Waals surface area contributed by atoms with Crippen molar-refractivity contribution in [3.8, 4) is 5.75 Å². The average Bonchev–Trinajstić information content (AvgIpc) is 2.11. The van der Waals surface area contributed by atoms with E-state index in [1.807, 2.05) is 0 Å². The number of rotatable bonds is 2. The Balaban J connectivity index is 3.24. The number of hydrogen-bond donors (Lipinski definition) is 3. The van der Waals surface area contributed by atoms with Gasteiger partial charge in [-0.2, -0.15) is 0 Å². The Morgan fingerprint density at radius 1 is 1.47 bits per heavy atom. The highest BCUT2D eigenvalue weighted by molar-refractivity contribution is 5.54. The Labute approximate surface area is 81.8 Å². The molecule has 5 nitrogen and oxygen atoms in total. The van der Waals surface area contributed by atoms with Crippen LogP contribution in [0, 0.1) is 0 Å². The number of hydrogen-bond acceptors (Lipinski definition) is 4. The number of pyridine rings is 1. The summed E-state index contributed by atoms with van der Waals surface area (Å²) in [5.74, 6) is -0.742. The van der Waals surface area contributed by atoms with E-state index in [0.29, 0.717) is 0 Å². The molecule has 0 aromatic carbocycles. The van der Waals surface area contributed by atoms with E-state index in [1.54, 1.807) is 0 Å². The lowest BCUT2D eigenvalue weighted by Crippen LogP contribution is -2.23. The summed E-state index contributed by atoms with van der Waals surface area (Å²) in [6.45, 7) is -0.230. The zero-order valence-corrected chi connectivity index (χ0v) is 7.39. The van der Waals surface area contributed by atoms with Gasteiger partial charge in [0.25, 0.3) is 5.56 Å². The molecule has 0 unspecified atom stereocenters. The zero-order valence-electron chi connectivity index (χ0n) is 7.39. The van der Waals surface area contributed by atoms with Gasteiger partial charge in [0, 0.05) is 18.3 Å². The topological polar surface area (TPSA) is 94.1 Å². The van der Waals surface area contributed by atoms with Crippen LogP contribution < -0.4 is 21.8 Å². The number of ether oxygens (including phenoxy) is 1. The van der Waals surface area contributed by atoms with E-state index in [9.17, 15) is 18.0 Å². The van der Waals surface area contributed by atoms with Crippen LogP contribution in [0.2, 0.25) is 0 Å². The van der Waals surface area contributed by atoms with Crippen LogP contribution in [0.5, 0.6) is 5.75 Å². The maximum Gasteiger partial charge on any atom is 0.573 e. The van der Waals surface area contributed by atoms with Crippen LogP contribution >= 0.6 is 0 Å². The van der Waals surface area contributed by atoms with Gasteiger partial charge in [0.05, 0.1) is 0 Å². The summed E-state index contributed by atoms with van der Waals surface area (Å²) in [7, 11) is 0. The fraction of sp³-hybridized carbons (Fsp3) is 0.286. The highest BCUT2D eigenvalue weighted by Crippen LogP contribution is 2.28. The van der Waals surface area contributed by atoms with Crippen LogP contribution in [0.4, 0.5) is 18.9 Å². The van der Waals surface area contributed by atoms with Crippen molar-refractivity contribution in [2.75, 3.05) is 5.73 Å². The summed E-state index contributed by atoms with van der Waals surface area (Å²) < 4.78 is 39.4. The minimum absolute atomic E-state index is 0.0237. The van der Waals surface area contributed by atoms with Gasteiger partial charge < -0.3 is 21.2 Å². The maximum absolute atomic E-state index is 11.9. The number of nitrogens with one attached hydrogen (secondary N) is 1. The summed E-state index contributed by atoms with van der Waals surface area (Å²) in [5.41, 5.74) is 8.78. The molecular formula is C7H8F3N3O2. The van der Waals surface area contributed by atoms with Crippen LogP contribution in [0.15, 0.2) is 11.0 Å². The van der Waals surface area contributed by atoms with E-state index in [-0.39, 0.29) is 12.1 Å². The monoisotopic (exact) mass is 223 g/mol. The first-order valence-electron chi connectivity index (χ1n) is 3.81. The van der Waals surface area contributed by atoms with Crippen molar-refractivity contribution < 1.29 is 17.9 Å². The minimum Gasteiger partial charge on any atom is -0.403 e. The lowest BCUT2D eigenvalue weighted by atomic mass is 10.2.